The Morgan fingerprint density at radius 2 is 2.24 bits per heavy atom. The predicted molar refractivity (Wildman–Crippen MR) is 75.9 cm³/mol. The van der Waals surface area contributed by atoms with Crippen LogP contribution in [-0.4, -0.2) is 4.98 Å². The van der Waals surface area contributed by atoms with E-state index in [0.717, 1.165) is 28.9 Å². The van der Waals surface area contributed by atoms with Crippen LogP contribution in [0.3, 0.4) is 0 Å². The molecule has 5 heteroatoms. The second kappa shape index (κ2) is 5.62. The van der Waals surface area contributed by atoms with Crippen molar-refractivity contribution in [3.05, 3.63) is 44.3 Å². The minimum absolute atomic E-state index is 0.770. The second-order valence-electron chi connectivity index (χ2n) is 3.82. The van der Waals surface area contributed by atoms with Gasteiger partial charge < -0.3 is 11.1 Å². The summed E-state index contributed by atoms with van der Waals surface area (Å²) in [5.74, 6) is 0. The summed E-state index contributed by atoms with van der Waals surface area (Å²) in [7, 11) is 0. The lowest BCUT2D eigenvalue weighted by atomic mass is 10.2. The van der Waals surface area contributed by atoms with Crippen molar-refractivity contribution in [2.45, 2.75) is 20.0 Å². The van der Waals surface area contributed by atoms with Gasteiger partial charge in [-0.15, -0.1) is 11.3 Å². The summed E-state index contributed by atoms with van der Waals surface area (Å²) in [5.41, 5.74) is 10.7. The lowest BCUT2D eigenvalue weighted by molar-refractivity contribution is 0.697. The lowest BCUT2D eigenvalue weighted by Crippen LogP contribution is -2.12. The average Bonchev–Trinajstić information content (AvgIpc) is 2.70. The van der Waals surface area contributed by atoms with Crippen molar-refractivity contribution in [3.8, 4) is 0 Å². The molecule has 0 aliphatic carbocycles. The zero-order valence-corrected chi connectivity index (χ0v) is 11.9. The lowest BCUT2D eigenvalue weighted by Gasteiger charge is -2.06. The summed E-state index contributed by atoms with van der Waals surface area (Å²) >= 11 is 5.11. The van der Waals surface area contributed by atoms with Gasteiger partial charge in [-0.1, -0.05) is 6.07 Å². The van der Waals surface area contributed by atoms with Crippen LogP contribution in [0.5, 0.6) is 0 Å². The standard InChI is InChI=1S/C12H14BrN3S/c1-8-12(17-7-16-8)6-15-5-9-2-3-11(14)10(13)4-9/h2-4,7,15H,5-6,14H2,1H3. The van der Waals surface area contributed by atoms with E-state index < -0.39 is 0 Å². The number of hydrogen-bond acceptors (Lipinski definition) is 4. The highest BCUT2D eigenvalue weighted by molar-refractivity contribution is 9.10. The quantitative estimate of drug-likeness (QED) is 0.853. The first-order chi connectivity index (χ1) is 8.16. The van der Waals surface area contributed by atoms with Gasteiger partial charge in [0.2, 0.25) is 0 Å². The van der Waals surface area contributed by atoms with Crippen LogP contribution >= 0.6 is 27.3 Å². The average molecular weight is 312 g/mol. The van der Waals surface area contributed by atoms with E-state index in [1.807, 2.05) is 30.6 Å². The number of benzene rings is 1. The zero-order chi connectivity index (χ0) is 12.3. The Morgan fingerprint density at radius 1 is 1.41 bits per heavy atom. The maximum absolute atomic E-state index is 5.74. The Morgan fingerprint density at radius 3 is 2.88 bits per heavy atom. The molecule has 0 amide bonds. The molecule has 0 radical (unpaired) electrons. The highest BCUT2D eigenvalue weighted by Crippen LogP contribution is 2.20. The summed E-state index contributed by atoms with van der Waals surface area (Å²) in [4.78, 5) is 5.51. The fraction of sp³-hybridized carbons (Fsp3) is 0.250. The molecule has 1 aromatic carbocycles. The Labute approximate surface area is 113 Å². The highest BCUT2D eigenvalue weighted by Gasteiger charge is 2.01. The van der Waals surface area contributed by atoms with Gasteiger partial charge >= 0.3 is 0 Å². The van der Waals surface area contributed by atoms with Crippen molar-refractivity contribution in [2.75, 3.05) is 5.73 Å². The van der Waals surface area contributed by atoms with Crippen molar-refractivity contribution in [1.29, 1.82) is 0 Å². The Balaban J connectivity index is 1.90. The van der Waals surface area contributed by atoms with Crippen LogP contribution in [0.25, 0.3) is 0 Å². The predicted octanol–water partition coefficient (Wildman–Crippen LogP) is 3.09. The fourth-order valence-corrected chi connectivity index (χ4v) is 2.67. The summed E-state index contributed by atoms with van der Waals surface area (Å²) in [5, 5.41) is 3.40. The van der Waals surface area contributed by atoms with Gasteiger partial charge in [0.05, 0.1) is 11.2 Å². The number of anilines is 1. The monoisotopic (exact) mass is 311 g/mol. The summed E-state index contributed by atoms with van der Waals surface area (Å²) in [6, 6.07) is 5.99. The Hall–Kier alpha value is -0.910. The molecule has 90 valence electrons. The second-order valence-corrected chi connectivity index (χ2v) is 5.61. The SMILES string of the molecule is Cc1ncsc1CNCc1ccc(N)c(Br)c1. The number of aryl methyl sites for hydroxylation is 1. The smallest absolute Gasteiger partial charge is 0.0798 e. The van der Waals surface area contributed by atoms with Crippen molar-refractivity contribution in [2.24, 2.45) is 0 Å². The van der Waals surface area contributed by atoms with Gasteiger partial charge in [-0.05, 0) is 40.5 Å². The van der Waals surface area contributed by atoms with E-state index in [0.29, 0.717) is 0 Å². The van der Waals surface area contributed by atoms with Gasteiger partial charge in [0.25, 0.3) is 0 Å². The van der Waals surface area contributed by atoms with E-state index in [-0.39, 0.29) is 0 Å². The van der Waals surface area contributed by atoms with Crippen LogP contribution < -0.4 is 11.1 Å². The molecule has 0 aliphatic heterocycles. The molecular formula is C12H14BrN3S. The van der Waals surface area contributed by atoms with E-state index in [2.05, 4.69) is 26.2 Å². The van der Waals surface area contributed by atoms with E-state index >= 15 is 0 Å². The zero-order valence-electron chi connectivity index (χ0n) is 9.53. The van der Waals surface area contributed by atoms with Gasteiger partial charge in [0.15, 0.2) is 0 Å². The summed E-state index contributed by atoms with van der Waals surface area (Å²) < 4.78 is 0.950. The minimum Gasteiger partial charge on any atom is -0.398 e. The van der Waals surface area contributed by atoms with Crippen LogP contribution in [0.1, 0.15) is 16.1 Å². The molecule has 1 aromatic heterocycles. The van der Waals surface area contributed by atoms with Crippen LogP contribution in [0.15, 0.2) is 28.2 Å². The van der Waals surface area contributed by atoms with E-state index in [1.54, 1.807) is 11.3 Å². The first-order valence-corrected chi connectivity index (χ1v) is 6.97. The maximum atomic E-state index is 5.74. The molecule has 3 nitrogen and oxygen atoms in total. The number of nitrogens with zero attached hydrogens (tertiary/aromatic N) is 1. The highest BCUT2D eigenvalue weighted by atomic mass is 79.9. The molecular weight excluding hydrogens is 298 g/mol. The van der Waals surface area contributed by atoms with Crippen LogP contribution in [0.4, 0.5) is 5.69 Å². The number of halogens is 1. The number of thiazole rings is 1. The summed E-state index contributed by atoms with van der Waals surface area (Å²) in [6.45, 7) is 3.72. The van der Waals surface area contributed by atoms with Crippen LogP contribution in [0.2, 0.25) is 0 Å². The van der Waals surface area contributed by atoms with Crippen LogP contribution in [0, 0.1) is 6.92 Å². The first-order valence-electron chi connectivity index (χ1n) is 5.30. The molecule has 0 fully saturated rings. The molecule has 0 bridgehead atoms. The molecule has 0 saturated carbocycles. The molecule has 3 N–H and O–H groups in total. The first kappa shape index (κ1) is 12.5. The number of rotatable bonds is 4. The fourth-order valence-electron chi connectivity index (χ4n) is 1.50. The van der Waals surface area contributed by atoms with Crippen molar-refractivity contribution in [1.82, 2.24) is 10.3 Å². The minimum atomic E-state index is 0.770. The molecule has 1 heterocycles. The Kier molecular flexibility index (Phi) is 4.15. The largest absolute Gasteiger partial charge is 0.398 e. The van der Waals surface area contributed by atoms with Gasteiger partial charge in [0, 0.05) is 28.1 Å². The third kappa shape index (κ3) is 3.28. The molecule has 0 saturated heterocycles. The number of aromatic nitrogens is 1. The van der Waals surface area contributed by atoms with Gasteiger partial charge in [-0.2, -0.15) is 0 Å². The van der Waals surface area contributed by atoms with Crippen LogP contribution in [-0.2, 0) is 13.1 Å². The number of nitrogens with two attached hydrogens (primary N) is 1. The molecule has 0 aliphatic rings. The summed E-state index contributed by atoms with van der Waals surface area (Å²) in [6.07, 6.45) is 0. The van der Waals surface area contributed by atoms with Gasteiger partial charge in [0.1, 0.15) is 0 Å². The number of nitrogen functional groups attached to an aromatic ring is 1. The number of nitrogens with one attached hydrogen (secondary N) is 1. The third-order valence-electron chi connectivity index (χ3n) is 2.52. The molecule has 0 atom stereocenters. The maximum Gasteiger partial charge on any atom is 0.0798 e. The Bertz CT molecular complexity index is 510. The van der Waals surface area contributed by atoms with E-state index in [9.17, 15) is 0 Å². The van der Waals surface area contributed by atoms with Gasteiger partial charge in [-0.25, -0.2) is 4.98 Å². The van der Waals surface area contributed by atoms with Crippen molar-refractivity contribution >= 4 is 33.0 Å². The number of hydrogen-bond donors (Lipinski definition) is 2. The van der Waals surface area contributed by atoms with Gasteiger partial charge in [-0.3, -0.25) is 0 Å². The molecule has 17 heavy (non-hydrogen) atoms. The molecule has 0 unspecified atom stereocenters. The molecule has 0 spiro atoms. The topological polar surface area (TPSA) is 50.9 Å². The molecule has 2 rings (SSSR count). The molecule has 2 aromatic rings. The van der Waals surface area contributed by atoms with Crippen molar-refractivity contribution < 1.29 is 0 Å². The van der Waals surface area contributed by atoms with E-state index in [4.69, 9.17) is 5.73 Å². The van der Waals surface area contributed by atoms with E-state index in [1.165, 1.54) is 10.4 Å². The van der Waals surface area contributed by atoms with Crippen molar-refractivity contribution in [3.63, 3.8) is 0 Å². The third-order valence-corrected chi connectivity index (χ3v) is 4.15. The normalized spacial score (nSPS) is 10.7.